The molecule has 18 heavy (non-hydrogen) atoms. The van der Waals surface area contributed by atoms with Crippen LogP contribution in [-0.2, 0) is 6.54 Å². The van der Waals surface area contributed by atoms with Crippen molar-refractivity contribution in [3.05, 3.63) is 28.8 Å². The second kappa shape index (κ2) is 6.44. The molecule has 1 N–H and O–H groups in total. The largest absolute Gasteiger partial charge is 0.370 e. The second-order valence-corrected chi connectivity index (χ2v) is 5.48. The highest BCUT2D eigenvalue weighted by Gasteiger charge is 2.22. The summed E-state index contributed by atoms with van der Waals surface area (Å²) >= 11 is 6.41. The molecule has 0 aliphatic carbocycles. The lowest BCUT2D eigenvalue weighted by atomic mass is 10.1. The molecule has 2 rings (SSSR count). The van der Waals surface area contributed by atoms with E-state index in [-0.39, 0.29) is 0 Å². The molecule has 1 aromatic rings. The van der Waals surface area contributed by atoms with Crippen LogP contribution in [0.5, 0.6) is 0 Å². The Labute approximate surface area is 115 Å². The Balaban J connectivity index is 2.05. The fourth-order valence-electron chi connectivity index (χ4n) is 2.57. The Bertz CT molecular complexity index is 392. The van der Waals surface area contributed by atoms with Gasteiger partial charge in [0.1, 0.15) is 0 Å². The van der Waals surface area contributed by atoms with Crippen molar-refractivity contribution in [2.45, 2.75) is 33.2 Å². The molecular weight excluding hydrogens is 244 g/mol. The first-order valence-corrected chi connectivity index (χ1v) is 7.36. The van der Waals surface area contributed by atoms with Crippen LogP contribution in [0.2, 0.25) is 5.02 Å². The van der Waals surface area contributed by atoms with E-state index >= 15 is 0 Å². The number of rotatable bonds is 5. The Hall–Kier alpha value is -0.730. The van der Waals surface area contributed by atoms with Crippen LogP contribution < -0.4 is 10.2 Å². The summed E-state index contributed by atoms with van der Waals surface area (Å²) in [6.45, 7) is 8.58. The Morgan fingerprint density at radius 1 is 1.39 bits per heavy atom. The van der Waals surface area contributed by atoms with Gasteiger partial charge in [0, 0.05) is 19.6 Å². The molecule has 1 aromatic carbocycles. The summed E-state index contributed by atoms with van der Waals surface area (Å²) in [5, 5.41) is 4.22. The third-order valence-electron chi connectivity index (χ3n) is 3.80. The average Bonchev–Trinajstić information content (AvgIpc) is 2.85. The molecular formula is C15H23ClN2. The van der Waals surface area contributed by atoms with Gasteiger partial charge in [-0.3, -0.25) is 0 Å². The Kier molecular flexibility index (Phi) is 4.90. The SMILES string of the molecule is CCNCc1ccc(N2CCC(CC)C2)c(Cl)c1. The van der Waals surface area contributed by atoms with E-state index in [9.17, 15) is 0 Å². The number of halogens is 1. The highest BCUT2D eigenvalue weighted by atomic mass is 35.5. The standard InChI is InChI=1S/C15H23ClN2/c1-3-12-7-8-18(11-12)15-6-5-13(9-14(15)16)10-17-4-2/h5-6,9,12,17H,3-4,7-8,10-11H2,1-2H3. The molecule has 0 radical (unpaired) electrons. The number of hydrogen-bond donors (Lipinski definition) is 1. The van der Waals surface area contributed by atoms with Crippen molar-refractivity contribution in [3.8, 4) is 0 Å². The van der Waals surface area contributed by atoms with Gasteiger partial charge in [0.15, 0.2) is 0 Å². The minimum Gasteiger partial charge on any atom is -0.370 e. The van der Waals surface area contributed by atoms with E-state index in [0.717, 1.165) is 37.1 Å². The molecule has 0 saturated carbocycles. The van der Waals surface area contributed by atoms with Crippen molar-refractivity contribution in [2.75, 3.05) is 24.5 Å². The predicted octanol–water partition coefficient (Wildman–Crippen LogP) is 3.69. The van der Waals surface area contributed by atoms with E-state index < -0.39 is 0 Å². The highest BCUT2D eigenvalue weighted by molar-refractivity contribution is 6.33. The first-order chi connectivity index (χ1) is 8.74. The average molecular weight is 267 g/mol. The van der Waals surface area contributed by atoms with Gasteiger partial charge in [0.05, 0.1) is 10.7 Å². The molecule has 100 valence electrons. The molecule has 1 fully saturated rings. The monoisotopic (exact) mass is 266 g/mol. The quantitative estimate of drug-likeness (QED) is 0.875. The number of benzene rings is 1. The third kappa shape index (κ3) is 3.18. The topological polar surface area (TPSA) is 15.3 Å². The summed E-state index contributed by atoms with van der Waals surface area (Å²) < 4.78 is 0. The predicted molar refractivity (Wildman–Crippen MR) is 79.4 cm³/mol. The van der Waals surface area contributed by atoms with Crippen LogP contribution in [-0.4, -0.2) is 19.6 Å². The summed E-state index contributed by atoms with van der Waals surface area (Å²) in [6.07, 6.45) is 2.57. The smallest absolute Gasteiger partial charge is 0.0642 e. The molecule has 1 aliphatic heterocycles. The summed E-state index contributed by atoms with van der Waals surface area (Å²) in [4.78, 5) is 2.42. The molecule has 0 bridgehead atoms. The Morgan fingerprint density at radius 2 is 2.22 bits per heavy atom. The maximum Gasteiger partial charge on any atom is 0.0642 e. The van der Waals surface area contributed by atoms with Crippen LogP contribution in [0.3, 0.4) is 0 Å². The van der Waals surface area contributed by atoms with E-state index in [2.05, 4.69) is 42.3 Å². The second-order valence-electron chi connectivity index (χ2n) is 5.08. The van der Waals surface area contributed by atoms with Gasteiger partial charge >= 0.3 is 0 Å². The van der Waals surface area contributed by atoms with E-state index in [1.54, 1.807) is 0 Å². The normalized spacial score (nSPS) is 19.5. The minimum absolute atomic E-state index is 0.836. The van der Waals surface area contributed by atoms with E-state index in [1.807, 2.05) is 0 Å². The van der Waals surface area contributed by atoms with Crippen LogP contribution in [0, 0.1) is 5.92 Å². The highest BCUT2D eigenvalue weighted by Crippen LogP contribution is 2.32. The van der Waals surface area contributed by atoms with Crippen LogP contribution in [0.4, 0.5) is 5.69 Å². The van der Waals surface area contributed by atoms with Gasteiger partial charge in [0.2, 0.25) is 0 Å². The molecule has 1 heterocycles. The van der Waals surface area contributed by atoms with Gasteiger partial charge in [-0.25, -0.2) is 0 Å². The number of anilines is 1. The minimum atomic E-state index is 0.836. The molecule has 0 aromatic heterocycles. The van der Waals surface area contributed by atoms with Crippen molar-refractivity contribution in [1.82, 2.24) is 5.32 Å². The summed E-state index contributed by atoms with van der Waals surface area (Å²) in [5.41, 5.74) is 2.46. The van der Waals surface area contributed by atoms with E-state index in [1.165, 1.54) is 24.1 Å². The van der Waals surface area contributed by atoms with Crippen molar-refractivity contribution >= 4 is 17.3 Å². The molecule has 1 atom stereocenters. The van der Waals surface area contributed by atoms with Gasteiger partial charge in [0.25, 0.3) is 0 Å². The lowest BCUT2D eigenvalue weighted by molar-refractivity contribution is 0.569. The molecule has 1 unspecified atom stereocenters. The number of nitrogens with zero attached hydrogens (tertiary/aromatic N) is 1. The summed E-state index contributed by atoms with van der Waals surface area (Å²) in [7, 11) is 0. The molecule has 1 saturated heterocycles. The zero-order valence-corrected chi connectivity index (χ0v) is 12.1. The summed E-state index contributed by atoms with van der Waals surface area (Å²) in [6, 6.07) is 6.45. The molecule has 0 amide bonds. The van der Waals surface area contributed by atoms with Gasteiger partial charge in [-0.05, 0) is 36.6 Å². The lowest BCUT2D eigenvalue weighted by Gasteiger charge is -2.20. The van der Waals surface area contributed by atoms with Crippen LogP contribution in [0.25, 0.3) is 0 Å². The van der Waals surface area contributed by atoms with Crippen LogP contribution >= 0.6 is 11.6 Å². The first-order valence-electron chi connectivity index (χ1n) is 6.98. The third-order valence-corrected chi connectivity index (χ3v) is 4.10. The van der Waals surface area contributed by atoms with E-state index in [4.69, 9.17) is 11.6 Å². The van der Waals surface area contributed by atoms with Crippen LogP contribution in [0.1, 0.15) is 32.3 Å². The molecule has 2 nitrogen and oxygen atoms in total. The first kappa shape index (κ1) is 13.7. The number of hydrogen-bond acceptors (Lipinski definition) is 2. The molecule has 0 spiro atoms. The van der Waals surface area contributed by atoms with Gasteiger partial charge in [-0.2, -0.15) is 0 Å². The molecule has 3 heteroatoms. The fraction of sp³-hybridized carbons (Fsp3) is 0.600. The summed E-state index contributed by atoms with van der Waals surface area (Å²) in [5.74, 6) is 0.836. The van der Waals surface area contributed by atoms with Gasteiger partial charge < -0.3 is 10.2 Å². The fourth-order valence-corrected chi connectivity index (χ4v) is 2.89. The van der Waals surface area contributed by atoms with Crippen molar-refractivity contribution in [3.63, 3.8) is 0 Å². The zero-order valence-electron chi connectivity index (χ0n) is 11.4. The maximum atomic E-state index is 6.41. The van der Waals surface area contributed by atoms with Crippen LogP contribution in [0.15, 0.2) is 18.2 Å². The van der Waals surface area contributed by atoms with Crippen molar-refractivity contribution < 1.29 is 0 Å². The van der Waals surface area contributed by atoms with Gasteiger partial charge in [-0.15, -0.1) is 0 Å². The van der Waals surface area contributed by atoms with Crippen molar-refractivity contribution in [1.29, 1.82) is 0 Å². The molecule has 1 aliphatic rings. The Morgan fingerprint density at radius 3 is 2.83 bits per heavy atom. The lowest BCUT2D eigenvalue weighted by Crippen LogP contribution is -2.20. The maximum absolute atomic E-state index is 6.41. The van der Waals surface area contributed by atoms with Gasteiger partial charge in [-0.1, -0.05) is 37.9 Å². The zero-order chi connectivity index (χ0) is 13.0. The number of nitrogens with one attached hydrogen (secondary N) is 1. The van der Waals surface area contributed by atoms with Crippen molar-refractivity contribution in [2.24, 2.45) is 5.92 Å². The van der Waals surface area contributed by atoms with E-state index in [0.29, 0.717) is 0 Å².